The van der Waals surface area contributed by atoms with Gasteiger partial charge >= 0.3 is 0 Å². The van der Waals surface area contributed by atoms with Crippen LogP contribution in [0.25, 0.3) is 10.8 Å². The molecule has 1 aliphatic heterocycles. The molecule has 0 radical (unpaired) electrons. The lowest BCUT2D eigenvalue weighted by atomic mass is 10.0. The van der Waals surface area contributed by atoms with Gasteiger partial charge in [-0.2, -0.15) is 0 Å². The van der Waals surface area contributed by atoms with Gasteiger partial charge in [-0.15, -0.1) is 0 Å². The Morgan fingerprint density at radius 3 is 1.73 bits per heavy atom. The highest BCUT2D eigenvalue weighted by Gasteiger charge is 2.36. The molecule has 0 spiro atoms. The van der Waals surface area contributed by atoms with E-state index < -0.39 is 0 Å². The van der Waals surface area contributed by atoms with E-state index in [-0.39, 0.29) is 11.8 Å². The van der Waals surface area contributed by atoms with Crippen LogP contribution in [0, 0.1) is 6.92 Å². The molecule has 106 valence electrons. The number of hydrogen-bond donors (Lipinski definition) is 0. The summed E-state index contributed by atoms with van der Waals surface area (Å²) < 4.78 is 0. The fourth-order valence-corrected chi connectivity index (χ4v) is 2.86. The summed E-state index contributed by atoms with van der Waals surface area (Å²) >= 11 is 0. The van der Waals surface area contributed by atoms with Crippen LogP contribution in [0.2, 0.25) is 0 Å². The lowest BCUT2D eigenvalue weighted by molar-refractivity contribution is 0.0926. The largest absolute Gasteiger partial charge is 0.268 e. The number of nitrogens with zero attached hydrogens (tertiary/aromatic N) is 1. The quantitative estimate of drug-likeness (QED) is 0.635. The Hall–Kier alpha value is -2.94. The third-order valence-electron chi connectivity index (χ3n) is 4.05. The number of rotatable bonds is 1. The second-order valence-electron chi connectivity index (χ2n) is 5.53. The van der Waals surface area contributed by atoms with E-state index in [9.17, 15) is 9.59 Å². The van der Waals surface area contributed by atoms with E-state index in [2.05, 4.69) is 0 Å². The second kappa shape index (κ2) is 4.53. The topological polar surface area (TPSA) is 37.4 Å². The monoisotopic (exact) mass is 287 g/mol. The van der Waals surface area contributed by atoms with Gasteiger partial charge in [0.1, 0.15) is 0 Å². The Labute approximate surface area is 127 Å². The van der Waals surface area contributed by atoms with Gasteiger partial charge in [0.2, 0.25) is 0 Å². The lowest BCUT2D eigenvalue weighted by Gasteiger charge is -2.13. The van der Waals surface area contributed by atoms with E-state index in [1.54, 1.807) is 24.3 Å². The Balaban J connectivity index is 1.88. The molecule has 1 heterocycles. The molecule has 0 N–H and O–H groups in total. The van der Waals surface area contributed by atoms with Gasteiger partial charge in [-0.1, -0.05) is 42.0 Å². The SMILES string of the molecule is Cc1ccc(N2C(=O)c3cc4ccccc4cc3C2=O)cc1. The first-order valence-electron chi connectivity index (χ1n) is 7.13. The number of carbonyl (C=O) groups is 2. The number of amides is 2. The van der Waals surface area contributed by atoms with Crippen LogP contribution >= 0.6 is 0 Å². The third kappa shape index (κ3) is 1.76. The van der Waals surface area contributed by atoms with Crippen molar-refractivity contribution in [3.63, 3.8) is 0 Å². The number of hydrogen-bond acceptors (Lipinski definition) is 2. The van der Waals surface area contributed by atoms with Crippen molar-refractivity contribution in [1.29, 1.82) is 0 Å². The van der Waals surface area contributed by atoms with Crippen LogP contribution < -0.4 is 4.90 Å². The summed E-state index contributed by atoms with van der Waals surface area (Å²) in [6, 6.07) is 18.8. The van der Waals surface area contributed by atoms with E-state index in [0.717, 1.165) is 16.3 Å². The van der Waals surface area contributed by atoms with Crippen molar-refractivity contribution in [2.24, 2.45) is 0 Å². The first-order valence-corrected chi connectivity index (χ1v) is 7.13. The molecule has 1 aliphatic rings. The van der Waals surface area contributed by atoms with Crippen molar-refractivity contribution in [2.75, 3.05) is 4.90 Å². The molecule has 22 heavy (non-hydrogen) atoms. The molecule has 0 aliphatic carbocycles. The van der Waals surface area contributed by atoms with Gasteiger partial charge in [-0.3, -0.25) is 9.59 Å². The standard InChI is InChI=1S/C19H13NO2/c1-12-6-8-15(9-7-12)20-18(21)16-10-13-4-2-3-5-14(13)11-17(16)19(20)22/h2-11H,1H3. The summed E-state index contributed by atoms with van der Waals surface area (Å²) in [5.74, 6) is -0.510. The second-order valence-corrected chi connectivity index (χ2v) is 5.53. The Morgan fingerprint density at radius 1 is 0.727 bits per heavy atom. The predicted molar refractivity (Wildman–Crippen MR) is 86.3 cm³/mol. The van der Waals surface area contributed by atoms with E-state index in [0.29, 0.717) is 16.8 Å². The molecular weight excluding hydrogens is 274 g/mol. The zero-order chi connectivity index (χ0) is 15.3. The van der Waals surface area contributed by atoms with Gasteiger partial charge in [0.05, 0.1) is 16.8 Å². The number of anilines is 1. The number of aryl methyl sites for hydroxylation is 1. The average Bonchev–Trinajstić information content (AvgIpc) is 2.78. The van der Waals surface area contributed by atoms with Crippen LogP contribution in [0.5, 0.6) is 0 Å². The first-order chi connectivity index (χ1) is 10.6. The van der Waals surface area contributed by atoms with Gasteiger partial charge in [0.25, 0.3) is 11.8 Å². The van der Waals surface area contributed by atoms with Crippen molar-refractivity contribution >= 4 is 28.3 Å². The zero-order valence-electron chi connectivity index (χ0n) is 12.0. The highest BCUT2D eigenvalue weighted by Crippen LogP contribution is 2.31. The van der Waals surface area contributed by atoms with Crippen LogP contribution in [-0.2, 0) is 0 Å². The number of imide groups is 1. The first kappa shape index (κ1) is 12.8. The van der Waals surface area contributed by atoms with Gasteiger partial charge in [-0.05, 0) is 42.0 Å². The molecule has 3 heteroatoms. The maximum atomic E-state index is 12.6. The molecule has 2 amide bonds. The summed E-state index contributed by atoms with van der Waals surface area (Å²) in [7, 11) is 0. The van der Waals surface area contributed by atoms with Crippen molar-refractivity contribution < 1.29 is 9.59 Å². The average molecular weight is 287 g/mol. The van der Waals surface area contributed by atoms with Gasteiger partial charge in [0.15, 0.2) is 0 Å². The summed E-state index contributed by atoms with van der Waals surface area (Å²) in [4.78, 5) is 26.5. The number of carbonyl (C=O) groups excluding carboxylic acids is 2. The molecule has 4 rings (SSSR count). The summed E-state index contributed by atoms with van der Waals surface area (Å²) in [6.07, 6.45) is 0. The highest BCUT2D eigenvalue weighted by atomic mass is 16.2. The third-order valence-corrected chi connectivity index (χ3v) is 4.05. The van der Waals surface area contributed by atoms with Crippen molar-refractivity contribution in [1.82, 2.24) is 0 Å². The number of benzene rings is 3. The smallest absolute Gasteiger partial charge is 0.266 e. The van der Waals surface area contributed by atoms with E-state index in [4.69, 9.17) is 0 Å². The maximum Gasteiger partial charge on any atom is 0.266 e. The Kier molecular flexibility index (Phi) is 2.63. The highest BCUT2D eigenvalue weighted by molar-refractivity contribution is 6.35. The molecular formula is C19H13NO2. The normalized spacial score (nSPS) is 13.8. The van der Waals surface area contributed by atoms with Gasteiger partial charge in [0, 0.05) is 0 Å². The molecule has 3 aromatic carbocycles. The van der Waals surface area contributed by atoms with Crippen LogP contribution in [0.3, 0.4) is 0 Å². The predicted octanol–water partition coefficient (Wildman–Crippen LogP) is 3.95. The Morgan fingerprint density at radius 2 is 1.23 bits per heavy atom. The molecule has 0 unspecified atom stereocenters. The van der Waals surface area contributed by atoms with E-state index >= 15 is 0 Å². The van der Waals surface area contributed by atoms with Gasteiger partial charge in [-0.25, -0.2) is 4.90 Å². The molecule has 0 saturated heterocycles. The molecule has 0 aromatic heterocycles. The fraction of sp³-hybridized carbons (Fsp3) is 0.0526. The summed E-state index contributed by atoms with van der Waals surface area (Å²) in [6.45, 7) is 1.97. The lowest BCUT2D eigenvalue weighted by Crippen LogP contribution is -2.29. The summed E-state index contributed by atoms with van der Waals surface area (Å²) in [5, 5.41) is 1.93. The van der Waals surface area contributed by atoms with Crippen LogP contribution in [0.1, 0.15) is 26.3 Å². The minimum Gasteiger partial charge on any atom is -0.268 e. The molecule has 0 fully saturated rings. The molecule has 3 aromatic rings. The molecule has 0 atom stereocenters. The van der Waals surface area contributed by atoms with E-state index in [1.165, 1.54) is 4.90 Å². The fourth-order valence-electron chi connectivity index (χ4n) is 2.86. The van der Waals surface area contributed by atoms with Crippen molar-refractivity contribution in [3.8, 4) is 0 Å². The van der Waals surface area contributed by atoms with Gasteiger partial charge < -0.3 is 0 Å². The van der Waals surface area contributed by atoms with E-state index in [1.807, 2.05) is 43.3 Å². The minimum absolute atomic E-state index is 0.255. The Bertz CT molecular complexity index is 871. The minimum atomic E-state index is -0.255. The maximum absolute atomic E-state index is 12.6. The number of fused-ring (bicyclic) bond motifs is 2. The summed E-state index contributed by atoms with van der Waals surface area (Å²) in [5.41, 5.74) is 2.65. The van der Waals surface area contributed by atoms with Crippen LogP contribution in [-0.4, -0.2) is 11.8 Å². The molecule has 0 saturated carbocycles. The molecule has 0 bridgehead atoms. The zero-order valence-corrected chi connectivity index (χ0v) is 12.0. The van der Waals surface area contributed by atoms with Crippen LogP contribution in [0.15, 0.2) is 60.7 Å². The van der Waals surface area contributed by atoms with Crippen LogP contribution in [0.4, 0.5) is 5.69 Å². The van der Waals surface area contributed by atoms with Crippen molar-refractivity contribution in [3.05, 3.63) is 77.4 Å². The molecule has 3 nitrogen and oxygen atoms in total. The van der Waals surface area contributed by atoms with Crippen molar-refractivity contribution in [2.45, 2.75) is 6.92 Å².